The van der Waals surface area contributed by atoms with Crippen LogP contribution in [0.3, 0.4) is 0 Å². The van der Waals surface area contributed by atoms with Crippen LogP contribution in [0, 0.1) is 0 Å². The molecule has 0 radical (unpaired) electrons. The first kappa shape index (κ1) is 13.6. The molecule has 1 unspecified atom stereocenters. The predicted molar refractivity (Wildman–Crippen MR) is 77.2 cm³/mol. The second kappa shape index (κ2) is 6.34. The van der Waals surface area contributed by atoms with Crippen molar-refractivity contribution in [3.8, 4) is 5.75 Å². The molecule has 1 N–H and O–H groups in total. The molecule has 3 nitrogen and oxygen atoms in total. The third kappa shape index (κ3) is 3.55. The summed E-state index contributed by atoms with van der Waals surface area (Å²) in [5, 5.41) is 3.57. The molecule has 100 valence electrons. The maximum absolute atomic E-state index is 5.17. The van der Waals surface area contributed by atoms with E-state index in [4.69, 9.17) is 4.74 Å². The number of nitrogens with one attached hydrogen (secondary N) is 1. The summed E-state index contributed by atoms with van der Waals surface area (Å²) >= 11 is 0. The Morgan fingerprint density at radius 2 is 1.68 bits per heavy atom. The van der Waals surface area contributed by atoms with Gasteiger partial charge in [0.15, 0.2) is 0 Å². The summed E-state index contributed by atoms with van der Waals surface area (Å²) in [4.78, 5) is 4.15. The van der Waals surface area contributed by atoms with Crippen LogP contribution in [0.15, 0.2) is 48.8 Å². The highest BCUT2D eigenvalue weighted by Gasteiger charge is 2.11. The number of ether oxygens (including phenoxy) is 1. The van der Waals surface area contributed by atoms with Gasteiger partial charge in [-0.15, -0.1) is 0 Å². The number of hydrogen-bond acceptors (Lipinski definition) is 3. The molecule has 0 amide bonds. The summed E-state index contributed by atoms with van der Waals surface area (Å²) in [5.41, 5.74) is 2.44. The van der Waals surface area contributed by atoms with Gasteiger partial charge in [0.25, 0.3) is 0 Å². The van der Waals surface area contributed by atoms with E-state index in [0.29, 0.717) is 0 Å². The van der Waals surface area contributed by atoms with Crippen molar-refractivity contribution in [2.45, 2.75) is 25.9 Å². The fourth-order valence-corrected chi connectivity index (χ4v) is 2.09. The van der Waals surface area contributed by atoms with Gasteiger partial charge in [-0.25, -0.2) is 0 Å². The van der Waals surface area contributed by atoms with Crippen LogP contribution in [-0.2, 0) is 0 Å². The molecule has 3 heteroatoms. The Balaban J connectivity index is 2.02. The number of nitrogens with zero attached hydrogens (tertiary/aromatic N) is 1. The summed E-state index contributed by atoms with van der Waals surface area (Å²) in [7, 11) is 1.68. The molecule has 0 aliphatic heterocycles. The number of methoxy groups -OCH3 is 1. The highest BCUT2D eigenvalue weighted by atomic mass is 16.5. The van der Waals surface area contributed by atoms with Gasteiger partial charge in [0.1, 0.15) is 5.75 Å². The van der Waals surface area contributed by atoms with Gasteiger partial charge in [-0.2, -0.15) is 0 Å². The minimum Gasteiger partial charge on any atom is -0.497 e. The summed E-state index contributed by atoms with van der Waals surface area (Å²) in [6, 6.07) is 12.8. The predicted octanol–water partition coefficient (Wildman–Crippen LogP) is 3.50. The van der Waals surface area contributed by atoms with Gasteiger partial charge in [0.05, 0.1) is 7.11 Å². The molecular weight excluding hydrogens is 236 g/mol. The molecule has 0 spiro atoms. The van der Waals surface area contributed by atoms with Gasteiger partial charge in [-0.3, -0.25) is 4.98 Å². The zero-order valence-electron chi connectivity index (χ0n) is 11.6. The van der Waals surface area contributed by atoms with Crippen LogP contribution in [0.5, 0.6) is 5.75 Å². The maximum atomic E-state index is 5.17. The monoisotopic (exact) mass is 256 g/mol. The fourth-order valence-electron chi connectivity index (χ4n) is 2.09. The first-order valence-corrected chi connectivity index (χ1v) is 6.50. The van der Waals surface area contributed by atoms with Crippen molar-refractivity contribution in [3.63, 3.8) is 0 Å². The van der Waals surface area contributed by atoms with E-state index in [1.54, 1.807) is 13.3 Å². The van der Waals surface area contributed by atoms with E-state index in [1.807, 2.05) is 24.4 Å². The van der Waals surface area contributed by atoms with E-state index in [0.717, 1.165) is 5.75 Å². The van der Waals surface area contributed by atoms with Gasteiger partial charge >= 0.3 is 0 Å². The second-order valence-electron chi connectivity index (χ2n) is 4.67. The average Bonchev–Trinajstić information content (AvgIpc) is 2.48. The number of aromatic nitrogens is 1. The lowest BCUT2D eigenvalue weighted by atomic mass is 10.1. The molecule has 2 rings (SSSR count). The van der Waals surface area contributed by atoms with Gasteiger partial charge in [-0.1, -0.05) is 18.2 Å². The Labute approximate surface area is 114 Å². The minimum atomic E-state index is 0.269. The van der Waals surface area contributed by atoms with E-state index in [9.17, 15) is 0 Å². The third-order valence-corrected chi connectivity index (χ3v) is 3.30. The molecule has 1 heterocycles. The molecule has 0 saturated carbocycles. The van der Waals surface area contributed by atoms with Gasteiger partial charge in [0, 0.05) is 24.5 Å². The second-order valence-corrected chi connectivity index (χ2v) is 4.67. The number of benzene rings is 1. The Bertz CT molecular complexity index is 496. The minimum absolute atomic E-state index is 0.269. The summed E-state index contributed by atoms with van der Waals surface area (Å²) in [6.45, 7) is 4.31. The molecule has 2 aromatic rings. The lowest BCUT2D eigenvalue weighted by molar-refractivity contribution is 0.414. The quantitative estimate of drug-likeness (QED) is 0.889. The number of rotatable bonds is 5. The molecule has 1 aromatic carbocycles. The molecule has 0 aliphatic rings. The summed E-state index contributed by atoms with van der Waals surface area (Å²) in [6.07, 6.45) is 3.70. The average molecular weight is 256 g/mol. The Morgan fingerprint density at radius 3 is 2.26 bits per heavy atom. The smallest absolute Gasteiger partial charge is 0.118 e. The van der Waals surface area contributed by atoms with E-state index < -0.39 is 0 Å². The van der Waals surface area contributed by atoms with Crippen LogP contribution in [0.2, 0.25) is 0 Å². The molecule has 0 saturated heterocycles. The Kier molecular flexibility index (Phi) is 4.53. The molecule has 1 aromatic heterocycles. The largest absolute Gasteiger partial charge is 0.497 e. The molecule has 0 fully saturated rings. The fraction of sp³-hybridized carbons (Fsp3) is 0.312. The zero-order chi connectivity index (χ0) is 13.7. The maximum Gasteiger partial charge on any atom is 0.118 e. The zero-order valence-corrected chi connectivity index (χ0v) is 11.6. The van der Waals surface area contributed by atoms with E-state index >= 15 is 0 Å². The number of pyridine rings is 1. The topological polar surface area (TPSA) is 34.1 Å². The molecular formula is C16H20N2O. The van der Waals surface area contributed by atoms with Gasteiger partial charge in [-0.05, 0) is 43.2 Å². The summed E-state index contributed by atoms with van der Waals surface area (Å²) < 4.78 is 5.17. The van der Waals surface area contributed by atoms with Crippen molar-refractivity contribution in [1.29, 1.82) is 0 Å². The third-order valence-electron chi connectivity index (χ3n) is 3.30. The lowest BCUT2D eigenvalue weighted by Gasteiger charge is -2.20. The van der Waals surface area contributed by atoms with Crippen molar-refractivity contribution >= 4 is 0 Å². The van der Waals surface area contributed by atoms with Crippen molar-refractivity contribution in [2.24, 2.45) is 0 Å². The van der Waals surface area contributed by atoms with E-state index in [1.165, 1.54) is 11.1 Å². The van der Waals surface area contributed by atoms with Crippen LogP contribution < -0.4 is 10.1 Å². The Hall–Kier alpha value is -1.87. The molecule has 0 aliphatic carbocycles. The van der Waals surface area contributed by atoms with E-state index in [-0.39, 0.29) is 12.1 Å². The Morgan fingerprint density at radius 1 is 1.00 bits per heavy atom. The number of hydrogen-bond donors (Lipinski definition) is 1. The standard InChI is InChI=1S/C16H20N2O/c1-12(14-6-8-16(19-3)9-7-14)18-13(2)15-5-4-10-17-11-15/h4-13,18H,1-3H3/t12-,13?/m1/s1. The van der Waals surface area contributed by atoms with Crippen LogP contribution in [-0.4, -0.2) is 12.1 Å². The van der Waals surface area contributed by atoms with Crippen LogP contribution in [0.1, 0.15) is 37.1 Å². The lowest BCUT2D eigenvalue weighted by Crippen LogP contribution is -2.22. The van der Waals surface area contributed by atoms with Gasteiger partial charge in [0.2, 0.25) is 0 Å². The van der Waals surface area contributed by atoms with Crippen molar-refractivity contribution in [1.82, 2.24) is 10.3 Å². The normalized spacial score (nSPS) is 13.8. The molecule has 0 bridgehead atoms. The van der Waals surface area contributed by atoms with Crippen molar-refractivity contribution in [3.05, 3.63) is 59.9 Å². The van der Waals surface area contributed by atoms with Crippen molar-refractivity contribution < 1.29 is 4.74 Å². The highest BCUT2D eigenvalue weighted by Crippen LogP contribution is 2.20. The first-order chi connectivity index (χ1) is 9.20. The van der Waals surface area contributed by atoms with E-state index in [2.05, 4.69) is 42.3 Å². The summed E-state index contributed by atoms with van der Waals surface area (Å²) in [5.74, 6) is 0.885. The van der Waals surface area contributed by atoms with Gasteiger partial charge < -0.3 is 10.1 Å². The van der Waals surface area contributed by atoms with Crippen molar-refractivity contribution in [2.75, 3.05) is 7.11 Å². The highest BCUT2D eigenvalue weighted by molar-refractivity contribution is 5.29. The van der Waals surface area contributed by atoms with Crippen LogP contribution in [0.4, 0.5) is 0 Å². The molecule has 2 atom stereocenters. The first-order valence-electron chi connectivity index (χ1n) is 6.50. The van der Waals surface area contributed by atoms with Crippen LogP contribution in [0.25, 0.3) is 0 Å². The van der Waals surface area contributed by atoms with Crippen LogP contribution >= 0.6 is 0 Å². The SMILES string of the molecule is COc1ccc([C@@H](C)NC(C)c2cccnc2)cc1. The molecule has 19 heavy (non-hydrogen) atoms.